The second kappa shape index (κ2) is 6.28. The van der Waals surface area contributed by atoms with Crippen LogP contribution >= 0.6 is 11.6 Å². The van der Waals surface area contributed by atoms with Gasteiger partial charge in [0.1, 0.15) is 11.5 Å². The quantitative estimate of drug-likeness (QED) is 0.923. The molecule has 0 saturated carbocycles. The van der Waals surface area contributed by atoms with Crippen LogP contribution in [-0.2, 0) is 17.0 Å². The van der Waals surface area contributed by atoms with E-state index < -0.39 is 17.4 Å². The van der Waals surface area contributed by atoms with Crippen molar-refractivity contribution in [3.8, 4) is 0 Å². The molecular weight excluding hydrogens is 338 g/mol. The normalized spacial score (nSPS) is 19.7. The smallest absolute Gasteiger partial charge is 0.262 e. The van der Waals surface area contributed by atoms with Gasteiger partial charge in [-0.05, 0) is 17.7 Å². The maximum Gasteiger partial charge on any atom is 0.262 e. The third-order valence-electron chi connectivity index (χ3n) is 4.03. The zero-order valence-corrected chi connectivity index (χ0v) is 13.2. The molecule has 1 amide bonds. The van der Waals surface area contributed by atoms with E-state index in [0.29, 0.717) is 5.56 Å². The number of halogens is 3. The van der Waals surface area contributed by atoms with Gasteiger partial charge in [-0.15, -0.1) is 0 Å². The maximum absolute atomic E-state index is 15.3. The number of hydrogen-bond acceptors (Lipinski definition) is 3. The number of amides is 1. The van der Waals surface area contributed by atoms with Crippen LogP contribution in [-0.4, -0.2) is 16.7 Å². The number of benzene rings is 1. The Balaban J connectivity index is 1.84. The number of carbonyl (C=O) groups is 2. The number of alkyl halides is 1. The Kier molecular flexibility index (Phi) is 4.32. The summed E-state index contributed by atoms with van der Waals surface area (Å²) in [5, 5.41) is 2.31. The van der Waals surface area contributed by atoms with E-state index >= 15 is 4.39 Å². The molecule has 1 heterocycles. The minimum absolute atomic E-state index is 0.0230. The molecule has 0 radical (unpaired) electrons. The van der Waals surface area contributed by atoms with Crippen molar-refractivity contribution in [1.82, 2.24) is 10.3 Å². The Morgan fingerprint density at radius 2 is 2.12 bits per heavy atom. The van der Waals surface area contributed by atoms with Crippen molar-refractivity contribution in [2.75, 3.05) is 0 Å². The van der Waals surface area contributed by atoms with Gasteiger partial charge in [-0.2, -0.15) is 0 Å². The lowest BCUT2D eigenvalue weighted by atomic mass is 9.81. The summed E-state index contributed by atoms with van der Waals surface area (Å²) in [5.41, 5.74) is -2.07. The van der Waals surface area contributed by atoms with Gasteiger partial charge in [-0.3, -0.25) is 14.6 Å². The van der Waals surface area contributed by atoms with Gasteiger partial charge in [0.25, 0.3) is 5.91 Å². The van der Waals surface area contributed by atoms with Crippen LogP contribution in [0.2, 0.25) is 5.02 Å². The molecule has 124 valence electrons. The number of fused-ring (bicyclic) bond motifs is 1. The van der Waals surface area contributed by atoms with Crippen LogP contribution in [0.15, 0.2) is 36.5 Å². The lowest BCUT2D eigenvalue weighted by Crippen LogP contribution is -2.44. The number of nitrogens with one attached hydrogen (secondary N) is 1. The number of pyridine rings is 1. The summed E-state index contributed by atoms with van der Waals surface area (Å²) < 4.78 is 28.7. The van der Waals surface area contributed by atoms with E-state index in [1.807, 2.05) is 0 Å². The molecule has 7 heteroatoms. The fourth-order valence-corrected chi connectivity index (χ4v) is 2.92. The first-order chi connectivity index (χ1) is 11.4. The molecule has 3 rings (SSSR count). The SMILES string of the molecule is O=C1CCC(F)(C(=O)NCc2cccc(F)c2Cl)c2cccnc21. The van der Waals surface area contributed by atoms with E-state index in [0.717, 1.165) is 0 Å². The molecular formula is C17H13ClF2N2O2. The molecule has 1 atom stereocenters. The van der Waals surface area contributed by atoms with Crippen molar-refractivity contribution in [3.63, 3.8) is 0 Å². The van der Waals surface area contributed by atoms with E-state index in [-0.39, 0.29) is 41.4 Å². The predicted octanol–water partition coefficient (Wildman–Crippen LogP) is 3.33. The average Bonchev–Trinajstić information content (AvgIpc) is 2.59. The van der Waals surface area contributed by atoms with Crippen molar-refractivity contribution in [2.45, 2.75) is 25.1 Å². The minimum atomic E-state index is -2.35. The van der Waals surface area contributed by atoms with Crippen molar-refractivity contribution in [2.24, 2.45) is 0 Å². The second-order valence-corrected chi connectivity index (χ2v) is 5.90. The molecule has 24 heavy (non-hydrogen) atoms. The molecule has 0 bridgehead atoms. The Morgan fingerprint density at radius 3 is 2.92 bits per heavy atom. The van der Waals surface area contributed by atoms with Crippen molar-refractivity contribution in [3.05, 3.63) is 64.2 Å². The Labute approximate surface area is 141 Å². The number of rotatable bonds is 3. The highest BCUT2D eigenvalue weighted by atomic mass is 35.5. The summed E-state index contributed by atoms with van der Waals surface area (Å²) in [6.45, 7) is -0.120. The van der Waals surface area contributed by atoms with Crippen LogP contribution in [0.4, 0.5) is 8.78 Å². The first-order valence-electron chi connectivity index (χ1n) is 7.32. The summed E-state index contributed by atoms with van der Waals surface area (Å²) in [6, 6.07) is 7.04. The second-order valence-electron chi connectivity index (χ2n) is 5.52. The van der Waals surface area contributed by atoms with Crippen LogP contribution < -0.4 is 5.32 Å². The lowest BCUT2D eigenvalue weighted by Gasteiger charge is -2.29. The Hall–Kier alpha value is -2.34. The molecule has 2 aromatic rings. The third-order valence-corrected chi connectivity index (χ3v) is 4.45. The van der Waals surface area contributed by atoms with Gasteiger partial charge in [0.15, 0.2) is 5.78 Å². The van der Waals surface area contributed by atoms with E-state index in [1.54, 1.807) is 0 Å². The minimum Gasteiger partial charge on any atom is -0.349 e. The molecule has 1 aromatic carbocycles. The third kappa shape index (κ3) is 2.78. The number of Topliss-reactive ketones (excluding diaryl/α,β-unsaturated/α-hetero) is 1. The first-order valence-corrected chi connectivity index (χ1v) is 7.70. The van der Waals surface area contributed by atoms with Crippen molar-refractivity contribution >= 4 is 23.3 Å². The number of hydrogen-bond donors (Lipinski definition) is 1. The van der Waals surface area contributed by atoms with E-state index in [9.17, 15) is 14.0 Å². The Bertz CT molecular complexity index is 828. The summed E-state index contributed by atoms with van der Waals surface area (Å²) in [4.78, 5) is 28.1. The van der Waals surface area contributed by atoms with Gasteiger partial charge in [0.2, 0.25) is 5.67 Å². The fraction of sp³-hybridized carbons (Fsp3) is 0.235. The van der Waals surface area contributed by atoms with Crippen LogP contribution in [0.5, 0.6) is 0 Å². The lowest BCUT2D eigenvalue weighted by molar-refractivity contribution is -0.134. The standard InChI is InChI=1S/C17H13ClF2N2O2/c18-14-10(3-1-5-12(14)19)9-22-16(24)17(20)7-6-13(23)15-11(17)4-2-8-21-15/h1-5,8H,6-7,9H2,(H,22,24). The molecule has 1 N–H and O–H groups in total. The van der Waals surface area contributed by atoms with E-state index in [4.69, 9.17) is 11.6 Å². The van der Waals surface area contributed by atoms with E-state index in [2.05, 4.69) is 10.3 Å². The van der Waals surface area contributed by atoms with Crippen LogP contribution in [0.3, 0.4) is 0 Å². The molecule has 1 aliphatic rings. The summed E-state index contributed by atoms with van der Waals surface area (Å²) in [5.74, 6) is -1.80. The summed E-state index contributed by atoms with van der Waals surface area (Å²) in [7, 11) is 0. The number of ketones is 1. The Morgan fingerprint density at radius 1 is 1.33 bits per heavy atom. The van der Waals surface area contributed by atoms with Gasteiger partial charge in [-0.1, -0.05) is 29.8 Å². The van der Waals surface area contributed by atoms with Crippen LogP contribution in [0.1, 0.15) is 34.5 Å². The molecule has 4 nitrogen and oxygen atoms in total. The van der Waals surface area contributed by atoms with Crippen LogP contribution in [0, 0.1) is 5.82 Å². The number of aromatic nitrogens is 1. The largest absolute Gasteiger partial charge is 0.349 e. The molecule has 1 unspecified atom stereocenters. The first kappa shape index (κ1) is 16.5. The summed E-state index contributed by atoms with van der Waals surface area (Å²) >= 11 is 5.82. The maximum atomic E-state index is 15.3. The zero-order valence-electron chi connectivity index (χ0n) is 12.5. The predicted molar refractivity (Wildman–Crippen MR) is 83.8 cm³/mol. The fourth-order valence-electron chi connectivity index (χ4n) is 2.72. The molecule has 0 fully saturated rings. The van der Waals surface area contributed by atoms with Gasteiger partial charge in [-0.25, -0.2) is 8.78 Å². The van der Waals surface area contributed by atoms with Gasteiger partial charge >= 0.3 is 0 Å². The highest BCUT2D eigenvalue weighted by molar-refractivity contribution is 6.31. The van der Waals surface area contributed by atoms with E-state index in [1.165, 1.54) is 36.5 Å². The molecule has 1 aliphatic carbocycles. The monoisotopic (exact) mass is 350 g/mol. The van der Waals surface area contributed by atoms with Gasteiger partial charge in [0, 0.05) is 31.1 Å². The number of carbonyl (C=O) groups excluding carboxylic acids is 2. The van der Waals surface area contributed by atoms with Gasteiger partial charge in [0.05, 0.1) is 5.02 Å². The van der Waals surface area contributed by atoms with Crippen molar-refractivity contribution in [1.29, 1.82) is 0 Å². The van der Waals surface area contributed by atoms with Crippen molar-refractivity contribution < 1.29 is 18.4 Å². The van der Waals surface area contributed by atoms with Crippen LogP contribution in [0.25, 0.3) is 0 Å². The molecule has 0 aliphatic heterocycles. The average molecular weight is 351 g/mol. The molecule has 1 aromatic heterocycles. The molecule has 0 saturated heterocycles. The molecule has 0 spiro atoms. The topological polar surface area (TPSA) is 59.1 Å². The van der Waals surface area contributed by atoms with Gasteiger partial charge < -0.3 is 5.32 Å². The number of nitrogens with zero attached hydrogens (tertiary/aromatic N) is 1. The highest BCUT2D eigenvalue weighted by Crippen LogP contribution is 2.38. The zero-order chi connectivity index (χ0) is 17.3. The highest BCUT2D eigenvalue weighted by Gasteiger charge is 2.46. The summed E-state index contributed by atoms with van der Waals surface area (Å²) in [6.07, 6.45) is 1.02.